The first-order chi connectivity index (χ1) is 9.90. The second kappa shape index (κ2) is 6.14. The molecule has 1 aromatic carbocycles. The summed E-state index contributed by atoms with van der Waals surface area (Å²) in [6.45, 7) is 3.23. The summed E-state index contributed by atoms with van der Waals surface area (Å²) in [4.78, 5) is 8.38. The third-order valence-electron chi connectivity index (χ3n) is 4.14. The van der Waals surface area contributed by atoms with Crippen LogP contribution in [0.3, 0.4) is 0 Å². The molecular formula is C17H21N3. The molecule has 1 aliphatic rings. The van der Waals surface area contributed by atoms with E-state index in [1.807, 2.05) is 12.4 Å². The molecule has 2 atom stereocenters. The average molecular weight is 267 g/mol. The summed E-state index contributed by atoms with van der Waals surface area (Å²) < 4.78 is 0. The number of hydrogen-bond acceptors (Lipinski definition) is 3. The minimum absolute atomic E-state index is 0.319. The van der Waals surface area contributed by atoms with Crippen molar-refractivity contribution < 1.29 is 0 Å². The summed E-state index contributed by atoms with van der Waals surface area (Å²) in [7, 11) is 0. The number of aromatic nitrogens is 2. The van der Waals surface area contributed by atoms with Gasteiger partial charge in [0.2, 0.25) is 0 Å². The Morgan fingerprint density at radius 3 is 2.85 bits per heavy atom. The van der Waals surface area contributed by atoms with Crippen LogP contribution >= 0.6 is 0 Å². The fourth-order valence-electron chi connectivity index (χ4n) is 3.20. The summed E-state index contributed by atoms with van der Waals surface area (Å²) in [5, 5.41) is 3.69. The molecule has 0 bridgehead atoms. The number of rotatable bonds is 5. The van der Waals surface area contributed by atoms with Crippen molar-refractivity contribution in [2.24, 2.45) is 0 Å². The van der Waals surface area contributed by atoms with Gasteiger partial charge in [-0.25, -0.2) is 9.97 Å². The highest BCUT2D eigenvalue weighted by atomic mass is 14.9. The largest absolute Gasteiger partial charge is 0.309 e. The van der Waals surface area contributed by atoms with Crippen LogP contribution in [0.25, 0.3) is 0 Å². The Hall–Kier alpha value is -1.74. The molecule has 1 aromatic heterocycles. The predicted octanol–water partition coefficient (Wildman–Crippen LogP) is 3.25. The second-order valence-electron chi connectivity index (χ2n) is 5.45. The number of nitrogens with one attached hydrogen (secondary N) is 1. The Morgan fingerprint density at radius 1 is 1.25 bits per heavy atom. The smallest absolute Gasteiger partial charge is 0.115 e. The summed E-state index contributed by atoms with van der Waals surface area (Å²) >= 11 is 0. The fourth-order valence-corrected chi connectivity index (χ4v) is 3.20. The van der Waals surface area contributed by atoms with E-state index in [-0.39, 0.29) is 0 Å². The normalized spacial score (nSPS) is 18.8. The summed E-state index contributed by atoms with van der Waals surface area (Å²) in [5.41, 5.74) is 4.19. The van der Waals surface area contributed by atoms with Crippen molar-refractivity contribution in [3.8, 4) is 0 Å². The van der Waals surface area contributed by atoms with Crippen LogP contribution in [-0.4, -0.2) is 16.5 Å². The standard InChI is InChI=1S/C17H21N3/c1-2-9-20-17(14-10-18-12-19-11-14)16-8-7-13-5-3-4-6-15(13)16/h3-6,10-12,16-17,20H,2,7-9H2,1H3. The van der Waals surface area contributed by atoms with Gasteiger partial charge in [-0.15, -0.1) is 0 Å². The van der Waals surface area contributed by atoms with E-state index >= 15 is 0 Å². The third kappa shape index (κ3) is 2.59. The molecule has 0 radical (unpaired) electrons. The van der Waals surface area contributed by atoms with Crippen LogP contribution in [0.5, 0.6) is 0 Å². The first-order valence-electron chi connectivity index (χ1n) is 7.46. The Balaban J connectivity index is 1.91. The van der Waals surface area contributed by atoms with E-state index < -0.39 is 0 Å². The summed E-state index contributed by atoms with van der Waals surface area (Å²) in [6.07, 6.45) is 9.01. The fraction of sp³-hybridized carbons (Fsp3) is 0.412. The van der Waals surface area contributed by atoms with Crippen LogP contribution in [0.1, 0.15) is 48.4 Å². The SMILES string of the molecule is CCCNC(c1cncnc1)C1CCc2ccccc21. The molecule has 104 valence electrons. The van der Waals surface area contributed by atoms with Gasteiger partial charge in [0.15, 0.2) is 0 Å². The lowest BCUT2D eigenvalue weighted by atomic mass is 9.89. The van der Waals surface area contributed by atoms with Crippen LogP contribution in [0.4, 0.5) is 0 Å². The molecule has 0 spiro atoms. The Morgan fingerprint density at radius 2 is 2.05 bits per heavy atom. The van der Waals surface area contributed by atoms with E-state index in [9.17, 15) is 0 Å². The van der Waals surface area contributed by atoms with Crippen molar-refractivity contribution in [3.05, 3.63) is 59.7 Å². The molecule has 1 heterocycles. The Kier molecular flexibility index (Phi) is 4.07. The molecule has 0 saturated heterocycles. The van der Waals surface area contributed by atoms with Crippen molar-refractivity contribution >= 4 is 0 Å². The van der Waals surface area contributed by atoms with E-state index in [0.717, 1.165) is 13.0 Å². The van der Waals surface area contributed by atoms with E-state index in [4.69, 9.17) is 0 Å². The maximum absolute atomic E-state index is 4.19. The molecule has 0 saturated carbocycles. The number of aryl methyl sites for hydroxylation is 1. The Labute approximate surface area is 120 Å². The molecule has 0 amide bonds. The lowest BCUT2D eigenvalue weighted by Crippen LogP contribution is -2.27. The highest BCUT2D eigenvalue weighted by Crippen LogP contribution is 2.41. The van der Waals surface area contributed by atoms with Gasteiger partial charge in [0.05, 0.1) is 0 Å². The highest BCUT2D eigenvalue weighted by Gasteiger charge is 2.30. The molecular weight excluding hydrogens is 246 g/mol. The molecule has 3 heteroatoms. The van der Waals surface area contributed by atoms with Crippen molar-refractivity contribution in [1.29, 1.82) is 0 Å². The lowest BCUT2D eigenvalue weighted by Gasteiger charge is -2.25. The van der Waals surface area contributed by atoms with Crippen LogP contribution in [0.15, 0.2) is 43.0 Å². The van der Waals surface area contributed by atoms with Crippen LogP contribution < -0.4 is 5.32 Å². The molecule has 3 rings (SSSR count). The molecule has 2 unspecified atom stereocenters. The minimum Gasteiger partial charge on any atom is -0.309 e. The maximum Gasteiger partial charge on any atom is 0.115 e. The monoisotopic (exact) mass is 267 g/mol. The van der Waals surface area contributed by atoms with Gasteiger partial charge >= 0.3 is 0 Å². The van der Waals surface area contributed by atoms with Gasteiger partial charge in [-0.1, -0.05) is 31.2 Å². The molecule has 1 aliphatic carbocycles. The first-order valence-corrected chi connectivity index (χ1v) is 7.46. The number of nitrogens with zero attached hydrogens (tertiary/aromatic N) is 2. The molecule has 0 fully saturated rings. The highest BCUT2D eigenvalue weighted by molar-refractivity contribution is 5.37. The maximum atomic E-state index is 4.19. The minimum atomic E-state index is 0.319. The lowest BCUT2D eigenvalue weighted by molar-refractivity contribution is 0.440. The topological polar surface area (TPSA) is 37.8 Å². The van der Waals surface area contributed by atoms with Crippen LogP contribution in [0.2, 0.25) is 0 Å². The average Bonchev–Trinajstić information content (AvgIpc) is 2.93. The summed E-state index contributed by atoms with van der Waals surface area (Å²) in [6, 6.07) is 9.14. The van der Waals surface area contributed by atoms with Gasteiger partial charge in [0.1, 0.15) is 6.33 Å². The molecule has 1 N–H and O–H groups in total. The van der Waals surface area contributed by atoms with Crippen molar-refractivity contribution in [1.82, 2.24) is 15.3 Å². The predicted molar refractivity (Wildman–Crippen MR) is 80.6 cm³/mol. The van der Waals surface area contributed by atoms with Crippen molar-refractivity contribution in [3.63, 3.8) is 0 Å². The molecule has 3 nitrogen and oxygen atoms in total. The van der Waals surface area contributed by atoms with Crippen molar-refractivity contribution in [2.75, 3.05) is 6.54 Å². The van der Waals surface area contributed by atoms with Gasteiger partial charge in [-0.3, -0.25) is 0 Å². The number of fused-ring (bicyclic) bond motifs is 1. The van der Waals surface area contributed by atoms with Gasteiger partial charge < -0.3 is 5.32 Å². The van der Waals surface area contributed by atoms with E-state index in [0.29, 0.717) is 12.0 Å². The van der Waals surface area contributed by atoms with Gasteiger partial charge in [-0.05, 0) is 36.9 Å². The zero-order valence-electron chi connectivity index (χ0n) is 11.9. The molecule has 0 aliphatic heterocycles. The zero-order chi connectivity index (χ0) is 13.8. The molecule has 20 heavy (non-hydrogen) atoms. The second-order valence-corrected chi connectivity index (χ2v) is 5.45. The number of hydrogen-bond donors (Lipinski definition) is 1. The third-order valence-corrected chi connectivity index (χ3v) is 4.14. The van der Waals surface area contributed by atoms with Crippen molar-refractivity contribution in [2.45, 2.75) is 38.1 Å². The molecule has 2 aromatic rings. The number of benzene rings is 1. The van der Waals surface area contributed by atoms with Gasteiger partial charge in [0, 0.05) is 29.9 Å². The van der Waals surface area contributed by atoms with E-state index in [1.165, 1.54) is 29.5 Å². The quantitative estimate of drug-likeness (QED) is 0.903. The van der Waals surface area contributed by atoms with Gasteiger partial charge in [-0.2, -0.15) is 0 Å². The zero-order valence-corrected chi connectivity index (χ0v) is 11.9. The van der Waals surface area contributed by atoms with Crippen LogP contribution in [0, 0.1) is 0 Å². The van der Waals surface area contributed by atoms with Gasteiger partial charge in [0.25, 0.3) is 0 Å². The van der Waals surface area contributed by atoms with E-state index in [1.54, 1.807) is 6.33 Å². The van der Waals surface area contributed by atoms with E-state index in [2.05, 4.69) is 46.5 Å². The van der Waals surface area contributed by atoms with Crippen LogP contribution in [-0.2, 0) is 6.42 Å². The summed E-state index contributed by atoms with van der Waals surface area (Å²) in [5.74, 6) is 0.531. The first kappa shape index (κ1) is 13.3. The Bertz CT molecular complexity index is 553.